The minimum absolute atomic E-state index is 0.195. The fraction of sp³-hybridized carbons (Fsp3) is 0.312. The van der Waals surface area contributed by atoms with Gasteiger partial charge in [-0.05, 0) is 31.5 Å². The first kappa shape index (κ1) is 16.2. The van der Waals surface area contributed by atoms with E-state index in [1.54, 1.807) is 43.3 Å². The van der Waals surface area contributed by atoms with E-state index in [0.29, 0.717) is 10.7 Å². The maximum Gasteiger partial charge on any atom is 0.341 e. The minimum atomic E-state index is -0.649. The monoisotopic (exact) mass is 320 g/mol. The molecule has 1 aromatic rings. The number of hydrogen-bond donors (Lipinski definition) is 1. The number of ether oxygens (including phenoxy) is 1. The Morgan fingerprint density at radius 1 is 1.41 bits per heavy atom. The van der Waals surface area contributed by atoms with Gasteiger partial charge in [-0.25, -0.2) is 9.79 Å². The van der Waals surface area contributed by atoms with Crippen LogP contribution < -0.4 is 5.32 Å². The fourth-order valence-corrected chi connectivity index (χ4v) is 2.41. The first-order valence-electron chi connectivity index (χ1n) is 6.92. The predicted octanol–water partition coefficient (Wildman–Crippen LogP) is 3.30. The van der Waals surface area contributed by atoms with Crippen molar-refractivity contribution in [1.82, 2.24) is 5.32 Å². The highest BCUT2D eigenvalue weighted by molar-refractivity contribution is 6.30. The van der Waals surface area contributed by atoms with Gasteiger partial charge in [0.2, 0.25) is 0 Å². The number of nitrogens with one attached hydrogen (secondary N) is 1. The Hall–Kier alpha value is -2.14. The number of rotatable bonds is 4. The molecular weight excluding hydrogens is 304 g/mol. The molecule has 0 spiro atoms. The normalized spacial score (nSPS) is 21.4. The Kier molecular flexibility index (Phi) is 5.33. The number of hydrogen-bond acceptors (Lipinski definition) is 3. The SMILES string of the molecule is CC=CCOC(=O)C1C(C)=NC(=O)NC1c1ccc(Cl)cc1. The van der Waals surface area contributed by atoms with Crippen LogP contribution in [-0.2, 0) is 9.53 Å². The lowest BCUT2D eigenvalue weighted by molar-refractivity contribution is -0.145. The van der Waals surface area contributed by atoms with Crippen molar-refractivity contribution in [3.05, 3.63) is 47.0 Å². The Morgan fingerprint density at radius 2 is 2.09 bits per heavy atom. The molecule has 0 aromatic heterocycles. The molecular formula is C16H17ClN2O3. The predicted molar refractivity (Wildman–Crippen MR) is 85.1 cm³/mol. The van der Waals surface area contributed by atoms with Gasteiger partial charge in [0.15, 0.2) is 0 Å². The van der Waals surface area contributed by atoms with Crippen molar-refractivity contribution in [3.8, 4) is 0 Å². The van der Waals surface area contributed by atoms with Crippen molar-refractivity contribution in [2.45, 2.75) is 19.9 Å². The van der Waals surface area contributed by atoms with E-state index >= 15 is 0 Å². The van der Waals surface area contributed by atoms with E-state index in [-0.39, 0.29) is 6.61 Å². The minimum Gasteiger partial charge on any atom is -0.461 e. The zero-order chi connectivity index (χ0) is 16.1. The van der Waals surface area contributed by atoms with Crippen LogP contribution in [0, 0.1) is 5.92 Å². The summed E-state index contributed by atoms with van der Waals surface area (Å²) in [7, 11) is 0. The summed E-state index contributed by atoms with van der Waals surface area (Å²) < 4.78 is 5.22. The van der Waals surface area contributed by atoms with Crippen LogP contribution in [0.4, 0.5) is 4.79 Å². The van der Waals surface area contributed by atoms with Crippen molar-refractivity contribution in [2.75, 3.05) is 6.61 Å². The second-order valence-electron chi connectivity index (χ2n) is 4.91. The number of benzene rings is 1. The summed E-state index contributed by atoms with van der Waals surface area (Å²) in [5.74, 6) is -1.07. The molecule has 1 N–H and O–H groups in total. The van der Waals surface area contributed by atoms with E-state index in [9.17, 15) is 9.59 Å². The van der Waals surface area contributed by atoms with Crippen molar-refractivity contribution in [1.29, 1.82) is 0 Å². The lowest BCUT2D eigenvalue weighted by atomic mass is 9.88. The van der Waals surface area contributed by atoms with Crippen LogP contribution in [0.1, 0.15) is 25.5 Å². The fourth-order valence-electron chi connectivity index (χ4n) is 2.29. The van der Waals surface area contributed by atoms with E-state index in [0.717, 1.165) is 5.56 Å². The van der Waals surface area contributed by atoms with Crippen molar-refractivity contribution < 1.29 is 14.3 Å². The maximum atomic E-state index is 12.3. The summed E-state index contributed by atoms with van der Waals surface area (Å²) in [6, 6.07) is 6.00. The van der Waals surface area contributed by atoms with E-state index in [1.165, 1.54) is 0 Å². The zero-order valence-electron chi connectivity index (χ0n) is 12.4. The first-order valence-corrected chi connectivity index (χ1v) is 7.29. The molecule has 22 heavy (non-hydrogen) atoms. The Balaban J connectivity index is 2.28. The van der Waals surface area contributed by atoms with Gasteiger partial charge in [0.05, 0.1) is 6.04 Å². The van der Waals surface area contributed by atoms with Gasteiger partial charge < -0.3 is 10.1 Å². The first-order chi connectivity index (χ1) is 10.5. The number of amides is 2. The summed E-state index contributed by atoms with van der Waals surface area (Å²) in [6.07, 6.45) is 3.54. The van der Waals surface area contributed by atoms with Crippen LogP contribution in [0.5, 0.6) is 0 Å². The average Bonchev–Trinajstić information content (AvgIpc) is 2.47. The molecule has 2 atom stereocenters. The van der Waals surface area contributed by atoms with Crippen molar-refractivity contribution in [2.24, 2.45) is 10.9 Å². The molecule has 2 amide bonds. The molecule has 5 nitrogen and oxygen atoms in total. The van der Waals surface area contributed by atoms with E-state index in [2.05, 4.69) is 10.3 Å². The average molecular weight is 321 g/mol. The number of nitrogens with zero attached hydrogens (tertiary/aromatic N) is 1. The lowest BCUT2D eigenvalue weighted by Crippen LogP contribution is -2.44. The quantitative estimate of drug-likeness (QED) is 0.683. The molecule has 116 valence electrons. The zero-order valence-corrected chi connectivity index (χ0v) is 13.1. The number of carbonyl (C=O) groups excluding carboxylic acids is 2. The number of esters is 1. The summed E-state index contributed by atoms with van der Waals surface area (Å²) in [6.45, 7) is 3.70. The standard InChI is InChI=1S/C16H17ClN2O3/c1-3-4-9-22-15(20)13-10(2)18-16(21)19-14(13)11-5-7-12(17)8-6-11/h3-8,13-14H,9H2,1-2H3,(H,19,21). The molecule has 6 heteroatoms. The van der Waals surface area contributed by atoms with Crippen LogP contribution in [0.2, 0.25) is 5.02 Å². The highest BCUT2D eigenvalue weighted by Gasteiger charge is 2.37. The van der Waals surface area contributed by atoms with Gasteiger partial charge in [-0.15, -0.1) is 0 Å². The van der Waals surface area contributed by atoms with Crippen LogP contribution in [0.25, 0.3) is 0 Å². The number of urea groups is 1. The largest absolute Gasteiger partial charge is 0.461 e. The topological polar surface area (TPSA) is 67.8 Å². The van der Waals surface area contributed by atoms with Crippen molar-refractivity contribution in [3.63, 3.8) is 0 Å². The maximum absolute atomic E-state index is 12.3. The number of aliphatic imine (C=N–C) groups is 1. The van der Waals surface area contributed by atoms with E-state index in [1.807, 2.05) is 6.92 Å². The van der Waals surface area contributed by atoms with Gasteiger partial charge in [0.1, 0.15) is 12.5 Å². The van der Waals surface area contributed by atoms with Gasteiger partial charge in [-0.1, -0.05) is 35.9 Å². The molecule has 1 aliphatic heterocycles. The molecule has 0 saturated heterocycles. The molecule has 0 saturated carbocycles. The lowest BCUT2D eigenvalue weighted by Gasteiger charge is -2.29. The second kappa shape index (κ2) is 7.22. The third kappa shape index (κ3) is 3.74. The van der Waals surface area contributed by atoms with Crippen molar-refractivity contribution >= 4 is 29.3 Å². The highest BCUT2D eigenvalue weighted by Crippen LogP contribution is 2.28. The molecule has 0 radical (unpaired) electrons. The number of allylic oxidation sites excluding steroid dienone is 1. The van der Waals surface area contributed by atoms with Gasteiger partial charge in [0, 0.05) is 10.7 Å². The molecule has 0 fully saturated rings. The second-order valence-corrected chi connectivity index (χ2v) is 5.35. The van der Waals surface area contributed by atoms with Gasteiger partial charge in [-0.2, -0.15) is 0 Å². The highest BCUT2D eigenvalue weighted by atomic mass is 35.5. The Morgan fingerprint density at radius 3 is 2.73 bits per heavy atom. The van der Waals surface area contributed by atoms with Crippen LogP contribution in [-0.4, -0.2) is 24.3 Å². The summed E-state index contributed by atoms with van der Waals surface area (Å²) in [4.78, 5) is 27.8. The summed E-state index contributed by atoms with van der Waals surface area (Å²) in [5.41, 5.74) is 1.22. The van der Waals surface area contributed by atoms with E-state index < -0.39 is 24.0 Å². The van der Waals surface area contributed by atoms with Gasteiger partial charge in [-0.3, -0.25) is 4.79 Å². The van der Waals surface area contributed by atoms with Crippen LogP contribution in [0.3, 0.4) is 0 Å². The van der Waals surface area contributed by atoms with Gasteiger partial charge in [0.25, 0.3) is 0 Å². The molecule has 0 aliphatic carbocycles. The smallest absolute Gasteiger partial charge is 0.341 e. The van der Waals surface area contributed by atoms with Crippen LogP contribution >= 0.6 is 11.6 Å². The number of carbonyl (C=O) groups is 2. The molecule has 0 bridgehead atoms. The molecule has 1 heterocycles. The van der Waals surface area contributed by atoms with Gasteiger partial charge >= 0.3 is 12.0 Å². The molecule has 1 aliphatic rings. The third-order valence-corrected chi connectivity index (χ3v) is 3.63. The summed E-state index contributed by atoms with van der Waals surface area (Å²) in [5, 5.41) is 3.30. The summed E-state index contributed by atoms with van der Waals surface area (Å²) >= 11 is 5.88. The molecule has 2 rings (SSSR count). The molecule has 2 unspecified atom stereocenters. The van der Waals surface area contributed by atoms with Crippen LogP contribution in [0.15, 0.2) is 41.4 Å². The number of halogens is 1. The third-order valence-electron chi connectivity index (χ3n) is 3.38. The Bertz CT molecular complexity index is 623. The van der Waals surface area contributed by atoms with E-state index in [4.69, 9.17) is 16.3 Å². The Labute approximate surface area is 134 Å². The molecule has 1 aromatic carbocycles.